The molecule has 0 radical (unpaired) electrons. The van der Waals surface area contributed by atoms with Crippen molar-refractivity contribution in [3.8, 4) is 5.75 Å². The third kappa shape index (κ3) is 3.99. The summed E-state index contributed by atoms with van der Waals surface area (Å²) >= 11 is 0. The third-order valence-corrected chi connectivity index (χ3v) is 5.23. The monoisotopic (exact) mass is 367 g/mol. The van der Waals surface area contributed by atoms with E-state index >= 15 is 0 Å². The van der Waals surface area contributed by atoms with Gasteiger partial charge in [0.15, 0.2) is 4.90 Å². The van der Waals surface area contributed by atoms with Crippen LogP contribution in [0.4, 0.5) is 0 Å². The summed E-state index contributed by atoms with van der Waals surface area (Å²) in [6.07, 6.45) is 1.02. The first-order chi connectivity index (χ1) is 11.7. The van der Waals surface area contributed by atoms with E-state index in [2.05, 4.69) is 4.72 Å². The van der Waals surface area contributed by atoms with Gasteiger partial charge in [0.25, 0.3) is 5.56 Å². The van der Waals surface area contributed by atoms with Crippen molar-refractivity contribution in [1.29, 1.82) is 0 Å². The minimum absolute atomic E-state index is 0.482. The van der Waals surface area contributed by atoms with Gasteiger partial charge in [-0.1, -0.05) is 12.1 Å². The van der Waals surface area contributed by atoms with Gasteiger partial charge in [0.2, 0.25) is 10.0 Å². The number of benzene rings is 1. The van der Waals surface area contributed by atoms with Crippen molar-refractivity contribution in [3.63, 3.8) is 0 Å². The van der Waals surface area contributed by atoms with Gasteiger partial charge in [0, 0.05) is 26.3 Å². The molecular formula is C16H21N3O5S. The van der Waals surface area contributed by atoms with Gasteiger partial charge < -0.3 is 9.30 Å². The first kappa shape index (κ1) is 18.9. The lowest BCUT2D eigenvalue weighted by Crippen LogP contribution is -2.41. The molecule has 0 aliphatic rings. The van der Waals surface area contributed by atoms with Crippen molar-refractivity contribution < 1.29 is 13.2 Å². The summed E-state index contributed by atoms with van der Waals surface area (Å²) < 4.78 is 34.9. The number of ether oxygens (including phenoxy) is 1. The molecule has 0 spiro atoms. The van der Waals surface area contributed by atoms with E-state index in [1.54, 1.807) is 31.2 Å². The molecule has 9 heteroatoms. The number of aromatic nitrogens is 2. The van der Waals surface area contributed by atoms with Crippen molar-refractivity contribution in [2.45, 2.75) is 24.8 Å². The summed E-state index contributed by atoms with van der Waals surface area (Å²) in [7, 11) is -1.49. The van der Waals surface area contributed by atoms with Gasteiger partial charge in [-0.25, -0.2) is 17.9 Å². The maximum absolute atomic E-state index is 12.6. The van der Waals surface area contributed by atoms with E-state index in [9.17, 15) is 18.0 Å². The van der Waals surface area contributed by atoms with E-state index in [-0.39, 0.29) is 0 Å². The Morgan fingerprint density at radius 2 is 1.92 bits per heavy atom. The summed E-state index contributed by atoms with van der Waals surface area (Å²) in [6, 6.07) is 6.43. The largest absolute Gasteiger partial charge is 0.494 e. The Labute approximate surface area is 145 Å². The second kappa shape index (κ2) is 7.24. The molecule has 0 saturated heterocycles. The SMILES string of the molecule is CCOc1cccc([C@H](C)NS(=O)(=O)c2cn(C)c(=O)n(C)c2=O)c1. The Hall–Kier alpha value is -2.39. The van der Waals surface area contributed by atoms with Crippen molar-refractivity contribution in [3.05, 3.63) is 56.9 Å². The van der Waals surface area contributed by atoms with Gasteiger partial charge in [-0.2, -0.15) is 0 Å². The zero-order chi connectivity index (χ0) is 18.8. The summed E-state index contributed by atoms with van der Waals surface area (Å²) in [5, 5.41) is 0. The molecule has 1 aromatic heterocycles. The third-order valence-electron chi connectivity index (χ3n) is 3.71. The van der Waals surface area contributed by atoms with Gasteiger partial charge in [-0.05, 0) is 31.5 Å². The van der Waals surface area contributed by atoms with Crippen LogP contribution in [0.15, 0.2) is 44.9 Å². The number of sulfonamides is 1. The molecule has 136 valence electrons. The zero-order valence-corrected chi connectivity index (χ0v) is 15.3. The van der Waals surface area contributed by atoms with Crippen LogP contribution in [-0.2, 0) is 24.1 Å². The number of nitrogens with zero attached hydrogens (tertiary/aromatic N) is 2. The predicted octanol–water partition coefficient (Wildman–Crippen LogP) is 0.522. The van der Waals surface area contributed by atoms with E-state index in [0.29, 0.717) is 17.9 Å². The molecule has 2 aromatic rings. The minimum atomic E-state index is -4.11. The molecule has 1 aromatic carbocycles. The second-order valence-corrected chi connectivity index (χ2v) is 7.28. The molecule has 0 amide bonds. The Morgan fingerprint density at radius 1 is 1.24 bits per heavy atom. The van der Waals surface area contributed by atoms with Gasteiger partial charge >= 0.3 is 5.69 Å². The van der Waals surface area contributed by atoms with Crippen molar-refractivity contribution in [2.75, 3.05) is 6.61 Å². The maximum atomic E-state index is 12.6. The molecule has 0 fully saturated rings. The van der Waals surface area contributed by atoms with Crippen molar-refractivity contribution in [1.82, 2.24) is 13.9 Å². The fraction of sp³-hybridized carbons (Fsp3) is 0.375. The quantitative estimate of drug-likeness (QED) is 0.802. The molecule has 0 aliphatic carbocycles. The Bertz CT molecular complexity index is 992. The fourth-order valence-electron chi connectivity index (χ4n) is 2.36. The van der Waals surface area contributed by atoms with E-state index in [0.717, 1.165) is 15.3 Å². The number of hydrogen-bond donors (Lipinski definition) is 1. The maximum Gasteiger partial charge on any atom is 0.330 e. The van der Waals surface area contributed by atoms with E-state index < -0.39 is 32.2 Å². The molecular weight excluding hydrogens is 346 g/mol. The molecule has 0 unspecified atom stereocenters. The highest BCUT2D eigenvalue weighted by Crippen LogP contribution is 2.20. The topological polar surface area (TPSA) is 99.4 Å². The molecule has 0 aliphatic heterocycles. The van der Waals surface area contributed by atoms with Gasteiger partial charge in [-0.15, -0.1) is 0 Å². The summed E-state index contributed by atoms with van der Waals surface area (Å²) in [5.74, 6) is 0.629. The standard InChI is InChI=1S/C16H21N3O5S/c1-5-24-13-8-6-7-12(9-13)11(2)17-25(22,23)14-10-18(3)16(21)19(4)15(14)20/h6-11,17H,5H2,1-4H3/t11-/m0/s1. The average Bonchev–Trinajstić information content (AvgIpc) is 2.56. The lowest BCUT2D eigenvalue weighted by Gasteiger charge is -2.16. The van der Waals surface area contributed by atoms with E-state index in [4.69, 9.17) is 4.74 Å². The highest BCUT2D eigenvalue weighted by molar-refractivity contribution is 7.89. The van der Waals surface area contributed by atoms with Gasteiger partial charge in [-0.3, -0.25) is 9.36 Å². The summed E-state index contributed by atoms with van der Waals surface area (Å²) in [4.78, 5) is 23.4. The van der Waals surface area contributed by atoms with Crippen LogP contribution in [0, 0.1) is 0 Å². The molecule has 1 N–H and O–H groups in total. The number of aryl methyl sites for hydroxylation is 1. The second-order valence-electron chi connectivity index (χ2n) is 5.60. The van der Waals surface area contributed by atoms with Crippen LogP contribution >= 0.6 is 0 Å². The van der Waals surface area contributed by atoms with Crippen LogP contribution in [0.5, 0.6) is 5.75 Å². The molecule has 25 heavy (non-hydrogen) atoms. The smallest absolute Gasteiger partial charge is 0.330 e. The summed E-state index contributed by atoms with van der Waals surface area (Å²) in [6.45, 7) is 4.01. The van der Waals surface area contributed by atoms with Gasteiger partial charge in [0.05, 0.1) is 6.61 Å². The van der Waals surface area contributed by atoms with Gasteiger partial charge in [0.1, 0.15) is 5.75 Å². The van der Waals surface area contributed by atoms with Crippen LogP contribution < -0.4 is 20.7 Å². The lowest BCUT2D eigenvalue weighted by molar-refractivity contribution is 0.339. The first-order valence-electron chi connectivity index (χ1n) is 7.69. The Morgan fingerprint density at radius 3 is 2.56 bits per heavy atom. The van der Waals surface area contributed by atoms with Crippen LogP contribution in [0.3, 0.4) is 0 Å². The van der Waals surface area contributed by atoms with Crippen LogP contribution in [0.2, 0.25) is 0 Å². The Kier molecular flexibility index (Phi) is 5.48. The average molecular weight is 367 g/mol. The van der Waals surface area contributed by atoms with Crippen LogP contribution in [0.1, 0.15) is 25.5 Å². The lowest BCUT2D eigenvalue weighted by atomic mass is 10.1. The highest BCUT2D eigenvalue weighted by Gasteiger charge is 2.24. The number of nitrogens with one attached hydrogen (secondary N) is 1. The molecule has 0 saturated carbocycles. The van der Waals surface area contributed by atoms with E-state index in [1.807, 2.05) is 6.92 Å². The predicted molar refractivity (Wildman–Crippen MR) is 93.3 cm³/mol. The fourth-order valence-corrected chi connectivity index (χ4v) is 3.76. The van der Waals surface area contributed by atoms with Crippen LogP contribution in [-0.4, -0.2) is 24.2 Å². The number of rotatable bonds is 6. The van der Waals surface area contributed by atoms with E-state index in [1.165, 1.54) is 14.1 Å². The minimum Gasteiger partial charge on any atom is -0.494 e. The highest BCUT2D eigenvalue weighted by atomic mass is 32.2. The number of hydrogen-bond acceptors (Lipinski definition) is 5. The van der Waals surface area contributed by atoms with Crippen molar-refractivity contribution >= 4 is 10.0 Å². The molecule has 8 nitrogen and oxygen atoms in total. The summed E-state index contributed by atoms with van der Waals surface area (Å²) in [5.41, 5.74) is -0.775. The molecule has 1 atom stereocenters. The normalized spacial score (nSPS) is 12.8. The first-order valence-corrected chi connectivity index (χ1v) is 9.17. The molecule has 0 bridgehead atoms. The molecule has 1 heterocycles. The van der Waals surface area contributed by atoms with Crippen LogP contribution in [0.25, 0.3) is 0 Å². The van der Waals surface area contributed by atoms with Crippen molar-refractivity contribution in [2.24, 2.45) is 14.1 Å². The molecule has 2 rings (SSSR count). The zero-order valence-electron chi connectivity index (χ0n) is 14.5. The Balaban J connectivity index is 2.38.